The Labute approximate surface area is 102 Å². The third-order valence-electron chi connectivity index (χ3n) is 2.53. The lowest BCUT2D eigenvalue weighted by atomic mass is 10.1. The van der Waals surface area contributed by atoms with Crippen LogP contribution in [0.4, 0.5) is 0 Å². The van der Waals surface area contributed by atoms with Crippen molar-refractivity contribution in [3.63, 3.8) is 0 Å². The normalized spacial score (nSPS) is 10.5. The van der Waals surface area contributed by atoms with E-state index in [1.54, 1.807) is 7.11 Å². The van der Waals surface area contributed by atoms with Gasteiger partial charge < -0.3 is 10.1 Å². The number of hydrogen-bond donors (Lipinski definition) is 1. The van der Waals surface area contributed by atoms with Crippen molar-refractivity contribution in [3.05, 3.63) is 23.0 Å². The van der Waals surface area contributed by atoms with Crippen molar-refractivity contribution in [1.82, 2.24) is 10.3 Å². The van der Waals surface area contributed by atoms with Gasteiger partial charge in [0.25, 0.3) is 0 Å². The first-order valence-corrected chi connectivity index (χ1v) is 6.00. The molecule has 0 saturated heterocycles. The zero-order valence-electron chi connectivity index (χ0n) is 10.1. The largest absolute Gasteiger partial charge is 0.496 e. The number of aryl methyl sites for hydroxylation is 1. The number of aromatic nitrogens is 1. The molecule has 0 fully saturated rings. The highest BCUT2D eigenvalue weighted by Gasteiger charge is 2.08. The zero-order valence-corrected chi connectivity index (χ0v) is 10.9. The number of rotatable bonds is 6. The van der Waals surface area contributed by atoms with E-state index in [9.17, 15) is 0 Å². The Morgan fingerprint density at radius 1 is 1.44 bits per heavy atom. The first-order chi connectivity index (χ1) is 7.70. The van der Waals surface area contributed by atoms with Crippen LogP contribution in [0.3, 0.4) is 0 Å². The number of alkyl halides is 1. The molecule has 0 aliphatic carbocycles. The molecule has 0 atom stereocenters. The molecule has 0 aliphatic heterocycles. The second kappa shape index (κ2) is 6.71. The first-order valence-electron chi connectivity index (χ1n) is 5.46. The van der Waals surface area contributed by atoms with Crippen molar-refractivity contribution in [2.24, 2.45) is 0 Å². The number of nitrogens with zero attached hydrogens (tertiary/aromatic N) is 1. The first kappa shape index (κ1) is 13.3. The van der Waals surface area contributed by atoms with E-state index in [1.807, 2.05) is 20.0 Å². The number of hydrogen-bond acceptors (Lipinski definition) is 3. The molecule has 16 heavy (non-hydrogen) atoms. The fraction of sp³-hybridized carbons (Fsp3) is 0.583. The van der Waals surface area contributed by atoms with Crippen LogP contribution in [-0.2, 0) is 6.54 Å². The molecule has 1 heterocycles. The molecule has 0 radical (unpaired) electrons. The standard InChI is InChI=1S/C12H19ClN2O/c1-9-7-15-11(8-14-6-4-5-13)10(2)12(9)16-3/h7,14H,4-6,8H2,1-3H3. The Balaban J connectivity index is 2.66. The number of nitrogens with one attached hydrogen (secondary N) is 1. The molecule has 1 aromatic rings. The quantitative estimate of drug-likeness (QED) is 0.615. The topological polar surface area (TPSA) is 34.1 Å². The lowest BCUT2D eigenvalue weighted by Gasteiger charge is -2.12. The van der Waals surface area contributed by atoms with Crippen LogP contribution in [-0.4, -0.2) is 24.5 Å². The molecule has 0 amide bonds. The van der Waals surface area contributed by atoms with E-state index in [0.29, 0.717) is 5.88 Å². The molecule has 0 spiro atoms. The predicted octanol–water partition coefficient (Wildman–Crippen LogP) is 2.43. The SMILES string of the molecule is COc1c(C)cnc(CNCCCCl)c1C. The molecule has 1 aromatic heterocycles. The number of pyridine rings is 1. The summed E-state index contributed by atoms with van der Waals surface area (Å²) in [7, 11) is 1.69. The van der Waals surface area contributed by atoms with Crippen molar-refractivity contribution in [2.45, 2.75) is 26.8 Å². The van der Waals surface area contributed by atoms with Crippen molar-refractivity contribution in [1.29, 1.82) is 0 Å². The Bertz CT molecular complexity index is 342. The van der Waals surface area contributed by atoms with Crippen LogP contribution < -0.4 is 10.1 Å². The van der Waals surface area contributed by atoms with Gasteiger partial charge >= 0.3 is 0 Å². The van der Waals surface area contributed by atoms with Crippen LogP contribution in [0.5, 0.6) is 5.75 Å². The molecular formula is C12H19ClN2O. The van der Waals surface area contributed by atoms with Gasteiger partial charge in [-0.2, -0.15) is 0 Å². The van der Waals surface area contributed by atoms with E-state index in [4.69, 9.17) is 16.3 Å². The maximum absolute atomic E-state index is 5.61. The van der Waals surface area contributed by atoms with Crippen LogP contribution in [0.1, 0.15) is 23.2 Å². The van der Waals surface area contributed by atoms with Crippen LogP contribution >= 0.6 is 11.6 Å². The van der Waals surface area contributed by atoms with Crippen molar-refractivity contribution in [2.75, 3.05) is 19.5 Å². The average molecular weight is 243 g/mol. The molecule has 0 aromatic carbocycles. The third kappa shape index (κ3) is 3.35. The summed E-state index contributed by atoms with van der Waals surface area (Å²) >= 11 is 5.61. The molecular weight excluding hydrogens is 224 g/mol. The fourth-order valence-electron chi connectivity index (χ4n) is 1.65. The van der Waals surface area contributed by atoms with Crippen molar-refractivity contribution < 1.29 is 4.74 Å². The summed E-state index contributed by atoms with van der Waals surface area (Å²) in [5.41, 5.74) is 3.22. The highest BCUT2D eigenvalue weighted by Crippen LogP contribution is 2.23. The molecule has 1 N–H and O–H groups in total. The molecule has 0 aliphatic rings. The van der Waals surface area contributed by atoms with Gasteiger partial charge in [-0.3, -0.25) is 4.98 Å². The van der Waals surface area contributed by atoms with Crippen LogP contribution in [0, 0.1) is 13.8 Å². The summed E-state index contributed by atoms with van der Waals surface area (Å²) in [6.45, 7) is 5.72. The number of halogens is 1. The third-order valence-corrected chi connectivity index (χ3v) is 2.80. The van der Waals surface area contributed by atoms with Gasteiger partial charge in [0.05, 0.1) is 12.8 Å². The highest BCUT2D eigenvalue weighted by molar-refractivity contribution is 6.17. The minimum absolute atomic E-state index is 0.691. The molecule has 0 unspecified atom stereocenters. The summed E-state index contributed by atoms with van der Waals surface area (Å²) < 4.78 is 5.35. The molecule has 1 rings (SSSR count). The lowest BCUT2D eigenvalue weighted by Crippen LogP contribution is -2.17. The highest BCUT2D eigenvalue weighted by atomic mass is 35.5. The smallest absolute Gasteiger partial charge is 0.128 e. The monoisotopic (exact) mass is 242 g/mol. The summed E-state index contributed by atoms with van der Waals surface area (Å²) in [5, 5.41) is 3.31. The minimum atomic E-state index is 0.691. The summed E-state index contributed by atoms with van der Waals surface area (Å²) in [5.74, 6) is 1.63. The second-order valence-electron chi connectivity index (χ2n) is 3.77. The van der Waals surface area contributed by atoms with E-state index >= 15 is 0 Å². The summed E-state index contributed by atoms with van der Waals surface area (Å²) in [6.07, 6.45) is 2.83. The van der Waals surface area contributed by atoms with Gasteiger partial charge in [0.2, 0.25) is 0 Å². The second-order valence-corrected chi connectivity index (χ2v) is 4.14. The fourth-order valence-corrected chi connectivity index (χ4v) is 1.78. The van der Waals surface area contributed by atoms with Crippen LogP contribution in [0.2, 0.25) is 0 Å². The Morgan fingerprint density at radius 2 is 2.19 bits per heavy atom. The lowest BCUT2D eigenvalue weighted by molar-refractivity contribution is 0.406. The number of ether oxygens (including phenoxy) is 1. The molecule has 0 saturated carbocycles. The van der Waals surface area contributed by atoms with E-state index in [2.05, 4.69) is 10.3 Å². The Morgan fingerprint density at radius 3 is 2.81 bits per heavy atom. The van der Waals surface area contributed by atoms with Gasteiger partial charge in [0.15, 0.2) is 0 Å². The van der Waals surface area contributed by atoms with E-state index < -0.39 is 0 Å². The minimum Gasteiger partial charge on any atom is -0.496 e. The van der Waals surface area contributed by atoms with Crippen LogP contribution in [0.25, 0.3) is 0 Å². The van der Waals surface area contributed by atoms with E-state index in [1.165, 1.54) is 0 Å². The van der Waals surface area contributed by atoms with Gasteiger partial charge in [0.1, 0.15) is 5.75 Å². The Kier molecular flexibility index (Phi) is 5.56. The van der Waals surface area contributed by atoms with Gasteiger partial charge in [-0.05, 0) is 26.8 Å². The summed E-state index contributed by atoms with van der Waals surface area (Å²) in [6, 6.07) is 0. The zero-order chi connectivity index (χ0) is 12.0. The predicted molar refractivity (Wildman–Crippen MR) is 67.3 cm³/mol. The van der Waals surface area contributed by atoms with Crippen molar-refractivity contribution >= 4 is 11.6 Å². The van der Waals surface area contributed by atoms with E-state index in [-0.39, 0.29) is 0 Å². The Hall–Kier alpha value is -0.800. The average Bonchev–Trinajstić information content (AvgIpc) is 2.28. The summed E-state index contributed by atoms with van der Waals surface area (Å²) in [4.78, 5) is 4.41. The van der Waals surface area contributed by atoms with Crippen LogP contribution in [0.15, 0.2) is 6.20 Å². The van der Waals surface area contributed by atoms with Gasteiger partial charge in [-0.25, -0.2) is 0 Å². The van der Waals surface area contributed by atoms with E-state index in [0.717, 1.165) is 42.1 Å². The van der Waals surface area contributed by atoms with Gasteiger partial charge in [0, 0.05) is 29.7 Å². The molecule has 90 valence electrons. The maximum Gasteiger partial charge on any atom is 0.128 e. The number of methoxy groups -OCH3 is 1. The molecule has 3 nitrogen and oxygen atoms in total. The molecule has 0 bridgehead atoms. The van der Waals surface area contributed by atoms with Gasteiger partial charge in [-0.15, -0.1) is 11.6 Å². The molecule has 4 heteroatoms. The van der Waals surface area contributed by atoms with Crippen molar-refractivity contribution in [3.8, 4) is 5.75 Å². The maximum atomic E-state index is 5.61. The van der Waals surface area contributed by atoms with Gasteiger partial charge in [-0.1, -0.05) is 0 Å².